The molecule has 0 saturated carbocycles. The van der Waals surface area contributed by atoms with Crippen molar-refractivity contribution in [3.63, 3.8) is 0 Å². The largest absolute Gasteiger partial charge is 0.410 e. The molecule has 2 heterocycles. The number of urea groups is 1. The second-order valence-corrected chi connectivity index (χ2v) is 8.49. The molecule has 0 saturated heterocycles. The number of anilines is 2. The smallest absolute Gasteiger partial charge is 0.320 e. The third kappa shape index (κ3) is 4.87. The third-order valence-corrected chi connectivity index (χ3v) is 4.93. The fourth-order valence-corrected chi connectivity index (χ4v) is 3.26. The lowest BCUT2D eigenvalue weighted by Crippen LogP contribution is -2.43. The molecule has 0 aliphatic carbocycles. The highest BCUT2D eigenvalue weighted by molar-refractivity contribution is 6.11. The zero-order chi connectivity index (χ0) is 22.7. The molecule has 1 aromatic heterocycles. The molecule has 0 fully saturated rings. The van der Waals surface area contributed by atoms with Crippen LogP contribution >= 0.6 is 0 Å². The van der Waals surface area contributed by atoms with E-state index in [1.54, 1.807) is 30.5 Å². The summed E-state index contributed by atoms with van der Waals surface area (Å²) in [6, 6.07) is 15.9. The van der Waals surface area contributed by atoms with E-state index in [-0.39, 0.29) is 17.4 Å². The number of carbonyl (C=O) groups is 2. The Labute approximate surface area is 186 Å². The van der Waals surface area contributed by atoms with E-state index in [0.717, 1.165) is 16.5 Å². The molecule has 164 valence electrons. The van der Waals surface area contributed by atoms with Gasteiger partial charge in [0.15, 0.2) is 0 Å². The van der Waals surface area contributed by atoms with Gasteiger partial charge in [-0.05, 0) is 41.8 Å². The van der Waals surface area contributed by atoms with E-state index in [1.165, 1.54) is 0 Å². The molecule has 0 radical (unpaired) electrons. The summed E-state index contributed by atoms with van der Waals surface area (Å²) in [5, 5.41) is 10.1. The Hall–Kier alpha value is -3.91. The predicted molar refractivity (Wildman–Crippen MR) is 124 cm³/mol. The molecule has 3 amide bonds. The van der Waals surface area contributed by atoms with Gasteiger partial charge in [-0.2, -0.15) is 0 Å². The van der Waals surface area contributed by atoms with Gasteiger partial charge in [-0.15, -0.1) is 5.48 Å². The molecule has 8 nitrogen and oxygen atoms in total. The van der Waals surface area contributed by atoms with Crippen LogP contribution in [0.15, 0.2) is 72.6 Å². The highest BCUT2D eigenvalue weighted by Crippen LogP contribution is 2.28. The summed E-state index contributed by atoms with van der Waals surface area (Å²) in [4.78, 5) is 34.6. The summed E-state index contributed by atoms with van der Waals surface area (Å²) in [5.41, 5.74) is 4.16. The summed E-state index contributed by atoms with van der Waals surface area (Å²) in [6.07, 6.45) is 3.03. The molecule has 0 bridgehead atoms. The second-order valence-electron chi connectivity index (χ2n) is 8.49. The zero-order valence-corrected chi connectivity index (χ0v) is 18.1. The van der Waals surface area contributed by atoms with Gasteiger partial charge >= 0.3 is 6.03 Å². The van der Waals surface area contributed by atoms with Crippen molar-refractivity contribution >= 4 is 34.1 Å². The first-order valence-electron chi connectivity index (χ1n) is 10.3. The van der Waals surface area contributed by atoms with Crippen LogP contribution in [-0.4, -0.2) is 23.1 Å². The van der Waals surface area contributed by atoms with Gasteiger partial charge in [0.1, 0.15) is 17.6 Å². The van der Waals surface area contributed by atoms with Gasteiger partial charge in [-0.1, -0.05) is 45.0 Å². The number of nitrogens with zero attached hydrogens (tertiary/aromatic N) is 1. The fraction of sp³-hybridized carbons (Fsp3) is 0.208. The number of allylic oxidation sites excluding steroid dienone is 1. The fourth-order valence-electron chi connectivity index (χ4n) is 3.26. The maximum Gasteiger partial charge on any atom is 0.320 e. The minimum absolute atomic E-state index is 0.151. The Morgan fingerprint density at radius 3 is 2.34 bits per heavy atom. The number of hydroxylamine groups is 1. The van der Waals surface area contributed by atoms with Crippen molar-refractivity contribution in [2.75, 3.05) is 10.6 Å². The molecule has 4 rings (SSSR count). The average molecular weight is 431 g/mol. The molecule has 4 N–H and O–H groups in total. The molecular formula is C24H25N5O3. The summed E-state index contributed by atoms with van der Waals surface area (Å²) in [6.45, 7) is 6.08. The topological polar surface area (TPSA) is 104 Å². The van der Waals surface area contributed by atoms with Crippen molar-refractivity contribution in [2.45, 2.75) is 26.9 Å². The summed E-state index contributed by atoms with van der Waals surface area (Å²) < 4.78 is 0. The number of benzene rings is 2. The number of hydrogen-bond acceptors (Lipinski definition) is 5. The van der Waals surface area contributed by atoms with Crippen LogP contribution in [-0.2, 0) is 4.84 Å². The van der Waals surface area contributed by atoms with E-state index < -0.39 is 6.17 Å². The van der Waals surface area contributed by atoms with Crippen LogP contribution in [0.25, 0.3) is 10.8 Å². The SMILES string of the molecule is CC(C)(C)C1=CC(NC(=O)Nc2ccc(NC(=O)c3nccc4ccccc34)cc2)NO1. The molecule has 1 aliphatic rings. The van der Waals surface area contributed by atoms with E-state index in [4.69, 9.17) is 4.84 Å². The van der Waals surface area contributed by atoms with Gasteiger partial charge in [0.2, 0.25) is 0 Å². The van der Waals surface area contributed by atoms with Crippen molar-refractivity contribution in [3.05, 3.63) is 78.3 Å². The molecule has 0 spiro atoms. The van der Waals surface area contributed by atoms with Gasteiger partial charge in [0.05, 0.1) is 0 Å². The monoisotopic (exact) mass is 431 g/mol. The van der Waals surface area contributed by atoms with E-state index >= 15 is 0 Å². The van der Waals surface area contributed by atoms with Gasteiger partial charge in [0, 0.05) is 28.4 Å². The van der Waals surface area contributed by atoms with Gasteiger partial charge in [0.25, 0.3) is 5.91 Å². The van der Waals surface area contributed by atoms with Crippen molar-refractivity contribution < 1.29 is 14.4 Å². The number of pyridine rings is 1. The summed E-state index contributed by atoms with van der Waals surface area (Å²) in [5.74, 6) is 0.470. The van der Waals surface area contributed by atoms with Crippen molar-refractivity contribution in [1.29, 1.82) is 0 Å². The maximum absolute atomic E-state index is 12.7. The van der Waals surface area contributed by atoms with E-state index in [0.29, 0.717) is 17.1 Å². The van der Waals surface area contributed by atoms with Crippen molar-refractivity contribution in [3.8, 4) is 0 Å². The van der Waals surface area contributed by atoms with Crippen LogP contribution < -0.4 is 21.4 Å². The van der Waals surface area contributed by atoms with Gasteiger partial charge in [-0.3, -0.25) is 9.78 Å². The Morgan fingerprint density at radius 1 is 0.969 bits per heavy atom. The first-order chi connectivity index (χ1) is 15.3. The van der Waals surface area contributed by atoms with Crippen LogP contribution in [0.2, 0.25) is 0 Å². The van der Waals surface area contributed by atoms with Crippen LogP contribution in [0.4, 0.5) is 16.2 Å². The highest BCUT2D eigenvalue weighted by Gasteiger charge is 2.27. The van der Waals surface area contributed by atoms with Gasteiger partial charge in [-0.25, -0.2) is 4.79 Å². The van der Waals surface area contributed by atoms with Crippen LogP contribution in [0.5, 0.6) is 0 Å². The van der Waals surface area contributed by atoms with E-state index in [1.807, 2.05) is 57.2 Å². The van der Waals surface area contributed by atoms with E-state index in [2.05, 4.69) is 26.4 Å². The third-order valence-electron chi connectivity index (χ3n) is 4.93. The number of rotatable bonds is 4. The lowest BCUT2D eigenvalue weighted by molar-refractivity contribution is 0.0755. The lowest BCUT2D eigenvalue weighted by atomic mass is 9.94. The van der Waals surface area contributed by atoms with Crippen LogP contribution in [0, 0.1) is 5.41 Å². The molecule has 1 atom stereocenters. The van der Waals surface area contributed by atoms with E-state index in [9.17, 15) is 9.59 Å². The Bertz CT molecular complexity index is 1180. The Balaban J connectivity index is 1.36. The van der Waals surface area contributed by atoms with Crippen LogP contribution in [0.3, 0.4) is 0 Å². The average Bonchev–Trinajstić information content (AvgIpc) is 3.23. The standard InChI is InChI=1S/C24H25N5O3/c1-24(2,3)19-14-20(29-32-19)28-23(31)27-17-10-8-16(9-11-17)26-22(30)21-18-7-5-4-6-15(18)12-13-25-21/h4-14,20,29H,1-3H3,(H,26,30)(H2,27,28,31). The number of carbonyl (C=O) groups excluding carboxylic acids is 2. The predicted octanol–water partition coefficient (Wildman–Crippen LogP) is 4.40. The number of fused-ring (bicyclic) bond motifs is 1. The Morgan fingerprint density at radius 2 is 1.66 bits per heavy atom. The molecule has 1 aliphatic heterocycles. The van der Waals surface area contributed by atoms with Crippen molar-refractivity contribution in [2.24, 2.45) is 5.41 Å². The minimum Gasteiger partial charge on any atom is -0.410 e. The second kappa shape index (κ2) is 8.68. The Kier molecular flexibility index (Phi) is 5.79. The molecule has 32 heavy (non-hydrogen) atoms. The molecule has 2 aromatic carbocycles. The first-order valence-corrected chi connectivity index (χ1v) is 10.3. The molecule has 8 heteroatoms. The maximum atomic E-state index is 12.7. The molecule has 1 unspecified atom stereocenters. The quantitative estimate of drug-likeness (QED) is 0.490. The normalized spacial score (nSPS) is 15.6. The molecule has 3 aromatic rings. The minimum atomic E-state index is -0.420. The van der Waals surface area contributed by atoms with Crippen molar-refractivity contribution in [1.82, 2.24) is 15.8 Å². The van der Waals surface area contributed by atoms with Crippen LogP contribution in [0.1, 0.15) is 31.3 Å². The number of hydrogen-bond donors (Lipinski definition) is 4. The summed E-state index contributed by atoms with van der Waals surface area (Å²) >= 11 is 0. The highest BCUT2D eigenvalue weighted by atomic mass is 16.7. The lowest BCUT2D eigenvalue weighted by Gasteiger charge is -2.17. The zero-order valence-electron chi connectivity index (χ0n) is 18.1. The summed E-state index contributed by atoms with van der Waals surface area (Å²) in [7, 11) is 0. The first kappa shape index (κ1) is 21.3. The molecular weight excluding hydrogens is 406 g/mol. The van der Waals surface area contributed by atoms with Gasteiger partial charge < -0.3 is 20.8 Å². The number of nitrogens with one attached hydrogen (secondary N) is 4. The number of aromatic nitrogens is 1. The number of amides is 3.